The Morgan fingerprint density at radius 3 is 1.94 bits per heavy atom. The van der Waals surface area contributed by atoms with Crippen LogP contribution in [0, 0.1) is 0 Å². The second-order valence-corrected chi connectivity index (χ2v) is 6.84. The summed E-state index contributed by atoms with van der Waals surface area (Å²) in [5, 5.41) is 6.38. The first-order chi connectivity index (χ1) is 9.05. The molecule has 2 aromatic heterocycles. The van der Waals surface area contributed by atoms with Crippen LogP contribution in [-0.2, 0) is 13.1 Å². The summed E-state index contributed by atoms with van der Waals surface area (Å²) in [6.07, 6.45) is 3.73. The van der Waals surface area contributed by atoms with E-state index in [2.05, 4.69) is 35.6 Å². The van der Waals surface area contributed by atoms with Gasteiger partial charge in [0.05, 0.1) is 13.1 Å². The van der Waals surface area contributed by atoms with Gasteiger partial charge in [0.15, 0.2) is 0 Å². The van der Waals surface area contributed by atoms with Crippen LogP contribution >= 0.6 is 22.7 Å². The minimum absolute atomic E-state index is 0. The molecule has 0 unspecified atom stereocenters. The third kappa shape index (κ3) is 5.09. The van der Waals surface area contributed by atoms with Gasteiger partial charge in [-0.1, -0.05) is 0 Å². The Morgan fingerprint density at radius 1 is 1.22 bits per heavy atom. The Bertz CT molecular complexity index is 411. The SMILES string of the molecule is CC(C)(C)N(Cc1nccs1)Cc1nccs1.[2H][3H].[H-].[K+]. The van der Waals surface area contributed by atoms with Crippen LogP contribution in [0.25, 0.3) is 0 Å². The molecule has 0 bridgehead atoms. The summed E-state index contributed by atoms with van der Waals surface area (Å²) >= 11 is 3.42. The molecule has 0 aromatic carbocycles. The van der Waals surface area contributed by atoms with Crippen LogP contribution in [0.3, 0.4) is 0 Å². The van der Waals surface area contributed by atoms with Gasteiger partial charge >= 0.3 is 51.4 Å². The third-order valence-corrected chi connectivity index (χ3v) is 4.10. The molecule has 3 nitrogen and oxygen atoms in total. The zero-order chi connectivity index (χ0) is 14.3. The standard InChI is InChI=1S/C12H17N3S2.K.H2.H/c1-12(2,3)15(8-10-13-4-6-16-10)9-11-14-5-7-17-11;;;/h4-7H,8-9H2,1-3H3;;1H;/q;+1;;-1/i;;1+2D;. The summed E-state index contributed by atoms with van der Waals surface area (Å²) in [4.78, 5) is 11.1. The monoisotopic (exact) mass is 312 g/mol. The van der Waals surface area contributed by atoms with Crippen molar-refractivity contribution in [2.75, 3.05) is 0 Å². The summed E-state index contributed by atoms with van der Waals surface area (Å²) in [5.74, 6) is 0. The van der Waals surface area contributed by atoms with Crippen LogP contribution < -0.4 is 51.4 Å². The van der Waals surface area contributed by atoms with Crippen molar-refractivity contribution < 1.29 is 55.8 Å². The Kier molecular flexibility index (Phi) is 6.43. The average molecular weight is 313 g/mol. The molecule has 0 saturated carbocycles. The molecular formula is C12H20KN3S2. The molecule has 0 fully saturated rings. The van der Waals surface area contributed by atoms with E-state index in [9.17, 15) is 0 Å². The average Bonchev–Trinajstić information content (AvgIpc) is 3.02. The van der Waals surface area contributed by atoms with Crippen molar-refractivity contribution in [3.8, 4) is 0 Å². The molecule has 0 aliphatic rings. The van der Waals surface area contributed by atoms with Crippen molar-refractivity contribution in [2.24, 2.45) is 0 Å². The summed E-state index contributed by atoms with van der Waals surface area (Å²) in [6, 6.07) is 0. The largest absolute Gasteiger partial charge is 1.00 e. The Morgan fingerprint density at radius 2 is 1.67 bits per heavy atom. The van der Waals surface area contributed by atoms with Gasteiger partial charge in [-0.25, -0.2) is 9.97 Å². The second-order valence-electron chi connectivity index (χ2n) is 4.88. The molecule has 0 amide bonds. The van der Waals surface area contributed by atoms with Crippen molar-refractivity contribution in [3.63, 3.8) is 0 Å². The molecule has 0 N–H and O–H groups in total. The van der Waals surface area contributed by atoms with E-state index in [1.165, 1.54) is 0 Å². The molecule has 96 valence electrons. The van der Waals surface area contributed by atoms with Crippen molar-refractivity contribution in [3.05, 3.63) is 33.2 Å². The van der Waals surface area contributed by atoms with E-state index in [4.69, 9.17) is 2.97 Å². The smallest absolute Gasteiger partial charge is 1.00 e. The Labute approximate surface area is 164 Å². The first kappa shape index (κ1) is 15.2. The van der Waals surface area contributed by atoms with Crippen LogP contribution in [0.1, 0.15) is 35.2 Å². The van der Waals surface area contributed by atoms with Crippen LogP contribution in [0.2, 0.25) is 0 Å². The van der Waals surface area contributed by atoms with Gasteiger partial charge in [0.2, 0.25) is 0 Å². The predicted molar refractivity (Wildman–Crippen MR) is 76.5 cm³/mol. The first-order valence-corrected chi connectivity index (χ1v) is 7.33. The minimum atomic E-state index is 0. The summed E-state index contributed by atoms with van der Waals surface area (Å²) in [6.45, 7) is 8.47. The number of rotatable bonds is 4. The van der Waals surface area contributed by atoms with E-state index in [0.29, 0.717) is 0 Å². The molecule has 2 rings (SSSR count). The summed E-state index contributed by atoms with van der Waals surface area (Å²) in [7, 11) is 0. The van der Waals surface area contributed by atoms with Gasteiger partial charge < -0.3 is 1.43 Å². The molecule has 18 heavy (non-hydrogen) atoms. The fourth-order valence-corrected chi connectivity index (χ4v) is 2.78. The summed E-state index contributed by atoms with van der Waals surface area (Å²) in [5.41, 5.74) is 0.122. The van der Waals surface area contributed by atoms with E-state index < -0.39 is 0 Å². The zero-order valence-corrected chi connectivity index (χ0v) is 16.1. The maximum Gasteiger partial charge on any atom is 1.00 e. The van der Waals surface area contributed by atoms with Crippen molar-refractivity contribution in [1.29, 1.82) is 0 Å². The molecule has 0 saturated heterocycles. The quantitative estimate of drug-likeness (QED) is 0.781. The molecule has 6 heteroatoms. The van der Waals surface area contributed by atoms with Gasteiger partial charge in [0.25, 0.3) is 0 Å². The van der Waals surface area contributed by atoms with Gasteiger partial charge in [-0.3, -0.25) is 4.90 Å². The van der Waals surface area contributed by atoms with Gasteiger partial charge in [0.1, 0.15) is 10.0 Å². The maximum atomic E-state index is 5.00. The Hall–Kier alpha value is 0.856. The fraction of sp³-hybridized carbons (Fsp3) is 0.500. The number of thiazole rings is 2. The number of aromatic nitrogens is 2. The second kappa shape index (κ2) is 7.59. The van der Waals surface area contributed by atoms with Gasteiger partial charge in [0, 0.05) is 31.7 Å². The summed E-state index contributed by atoms with van der Waals surface area (Å²) < 4.78 is 10.0. The molecule has 0 aliphatic carbocycles. The zero-order valence-electron chi connectivity index (χ0n) is 14.4. The molecule has 0 spiro atoms. The van der Waals surface area contributed by atoms with Crippen LogP contribution in [0.4, 0.5) is 0 Å². The van der Waals surface area contributed by atoms with E-state index in [-0.39, 0.29) is 58.4 Å². The van der Waals surface area contributed by atoms with Gasteiger partial charge in [-0.2, -0.15) is 0 Å². The fourth-order valence-electron chi connectivity index (χ4n) is 1.52. The predicted octanol–water partition coefficient (Wildman–Crippen LogP) is 0.763. The van der Waals surface area contributed by atoms with Crippen molar-refractivity contribution in [2.45, 2.75) is 39.4 Å². The first-order valence-electron chi connectivity index (χ1n) is 6.57. The Balaban J connectivity index is 0. The molecule has 0 aliphatic heterocycles. The van der Waals surface area contributed by atoms with Crippen LogP contribution in [-0.4, -0.2) is 20.4 Å². The van der Waals surface area contributed by atoms with E-state index in [1.807, 2.05) is 23.2 Å². The molecule has 2 aromatic rings. The maximum absolute atomic E-state index is 5.00. The topological polar surface area (TPSA) is 29.0 Å². The van der Waals surface area contributed by atoms with Crippen molar-refractivity contribution in [1.82, 2.24) is 14.9 Å². The van der Waals surface area contributed by atoms with E-state index in [0.717, 1.165) is 23.1 Å². The number of nitrogens with zero attached hydrogens (tertiary/aromatic N) is 3. The molecular weight excluding hydrogens is 289 g/mol. The van der Waals surface area contributed by atoms with Crippen LogP contribution in [0.5, 0.6) is 0 Å². The van der Waals surface area contributed by atoms with Crippen LogP contribution in [0.15, 0.2) is 23.2 Å². The minimum Gasteiger partial charge on any atom is -1.00 e. The van der Waals surface area contributed by atoms with E-state index >= 15 is 0 Å². The molecule has 0 atom stereocenters. The molecule has 2 heterocycles. The van der Waals surface area contributed by atoms with Gasteiger partial charge in [-0.05, 0) is 20.8 Å². The van der Waals surface area contributed by atoms with E-state index in [1.54, 1.807) is 22.7 Å². The number of hydrogen-bond acceptors (Lipinski definition) is 5. The molecule has 0 radical (unpaired) electrons. The number of hydrogen-bond donors (Lipinski definition) is 0. The normalized spacial score (nSPS) is 12.0. The third-order valence-electron chi connectivity index (χ3n) is 2.57. The van der Waals surface area contributed by atoms with Gasteiger partial charge in [-0.15, -0.1) is 22.7 Å². The van der Waals surface area contributed by atoms with Crippen molar-refractivity contribution >= 4 is 22.7 Å².